The molecule has 2 amide bonds. The van der Waals surface area contributed by atoms with Gasteiger partial charge in [-0.15, -0.1) is 0 Å². The van der Waals surface area contributed by atoms with Crippen LogP contribution in [-0.4, -0.2) is 37.2 Å². The Morgan fingerprint density at radius 1 is 1.24 bits per heavy atom. The van der Waals surface area contributed by atoms with E-state index in [-0.39, 0.29) is 25.0 Å². The number of ether oxygens (including phenoxy) is 1. The van der Waals surface area contributed by atoms with Crippen molar-refractivity contribution in [2.75, 3.05) is 25.2 Å². The normalized spacial score (nSPS) is 14.2. The van der Waals surface area contributed by atoms with Crippen LogP contribution in [0, 0.1) is 0 Å². The molecule has 6 heteroatoms. The molecule has 130 valence electrons. The van der Waals surface area contributed by atoms with Crippen LogP contribution in [0.4, 0.5) is 5.69 Å². The van der Waals surface area contributed by atoms with E-state index in [0.29, 0.717) is 17.7 Å². The third-order valence-corrected chi connectivity index (χ3v) is 4.26. The van der Waals surface area contributed by atoms with Crippen molar-refractivity contribution in [3.8, 4) is 5.75 Å². The summed E-state index contributed by atoms with van der Waals surface area (Å²) in [6.07, 6.45) is 0.305. The van der Waals surface area contributed by atoms with Gasteiger partial charge < -0.3 is 20.1 Å². The van der Waals surface area contributed by atoms with E-state index in [0.717, 1.165) is 11.3 Å². The van der Waals surface area contributed by atoms with E-state index in [9.17, 15) is 14.7 Å². The fourth-order valence-corrected chi connectivity index (χ4v) is 3.05. The van der Waals surface area contributed by atoms with E-state index >= 15 is 0 Å². The molecular weight excluding hydrogens is 320 g/mol. The topological polar surface area (TPSA) is 78.9 Å². The number of amides is 2. The minimum atomic E-state index is -0.600. The van der Waals surface area contributed by atoms with E-state index in [1.54, 1.807) is 12.1 Å². The van der Waals surface area contributed by atoms with E-state index in [4.69, 9.17) is 4.74 Å². The van der Waals surface area contributed by atoms with Gasteiger partial charge in [-0.25, -0.2) is 0 Å². The van der Waals surface area contributed by atoms with E-state index in [1.165, 1.54) is 12.0 Å². The molecule has 0 bridgehead atoms. The first-order valence-electron chi connectivity index (χ1n) is 8.05. The molecule has 0 aliphatic carbocycles. The highest BCUT2D eigenvalue weighted by atomic mass is 16.5. The molecule has 0 saturated heterocycles. The number of fused-ring (bicyclic) bond motifs is 1. The first kappa shape index (κ1) is 17.0. The van der Waals surface area contributed by atoms with Crippen LogP contribution in [0.5, 0.6) is 5.75 Å². The van der Waals surface area contributed by atoms with Crippen molar-refractivity contribution in [3.63, 3.8) is 0 Å². The van der Waals surface area contributed by atoms with Crippen LogP contribution in [0.15, 0.2) is 48.5 Å². The van der Waals surface area contributed by atoms with Gasteiger partial charge in [0.15, 0.2) is 0 Å². The molecule has 0 saturated carbocycles. The number of nitrogens with zero attached hydrogens (tertiary/aromatic N) is 1. The van der Waals surface area contributed by atoms with Crippen LogP contribution >= 0.6 is 0 Å². The standard InChI is InChI=1S/C19H20N2O4/c1-25-17-9-5-3-7-14(17)15(12-22)20-18(23)11-21-16-8-4-2-6-13(16)10-19(21)24/h2-9,15,22H,10-12H2,1H3,(H,20,23). The molecule has 3 rings (SSSR count). The molecule has 0 aromatic heterocycles. The average Bonchev–Trinajstić information content (AvgIpc) is 2.95. The smallest absolute Gasteiger partial charge is 0.240 e. The quantitative estimate of drug-likeness (QED) is 0.834. The second-order valence-corrected chi connectivity index (χ2v) is 5.83. The van der Waals surface area contributed by atoms with Crippen LogP contribution in [0.1, 0.15) is 17.2 Å². The summed E-state index contributed by atoms with van der Waals surface area (Å²) in [5, 5.41) is 12.4. The SMILES string of the molecule is COc1ccccc1C(CO)NC(=O)CN1C(=O)Cc2ccccc21. The van der Waals surface area contributed by atoms with Gasteiger partial charge in [-0.05, 0) is 17.7 Å². The molecule has 1 heterocycles. The largest absolute Gasteiger partial charge is 0.496 e. The summed E-state index contributed by atoms with van der Waals surface area (Å²) in [4.78, 5) is 26.1. The Morgan fingerprint density at radius 3 is 2.72 bits per heavy atom. The van der Waals surface area contributed by atoms with Gasteiger partial charge in [0.1, 0.15) is 12.3 Å². The maximum Gasteiger partial charge on any atom is 0.240 e. The lowest BCUT2D eigenvalue weighted by Gasteiger charge is -2.22. The Morgan fingerprint density at radius 2 is 1.96 bits per heavy atom. The second-order valence-electron chi connectivity index (χ2n) is 5.83. The summed E-state index contributed by atoms with van der Waals surface area (Å²) in [6, 6.07) is 14.0. The number of para-hydroxylation sites is 2. The van der Waals surface area contributed by atoms with Crippen molar-refractivity contribution < 1.29 is 19.4 Å². The number of hydrogen-bond acceptors (Lipinski definition) is 4. The first-order valence-corrected chi connectivity index (χ1v) is 8.05. The lowest BCUT2D eigenvalue weighted by Crippen LogP contribution is -2.41. The predicted octanol–water partition coefficient (Wildman–Crippen LogP) is 1.43. The number of nitrogens with one attached hydrogen (secondary N) is 1. The molecule has 1 aliphatic heterocycles. The Bertz CT molecular complexity index is 790. The number of carbonyl (C=O) groups is 2. The second kappa shape index (κ2) is 7.36. The fraction of sp³-hybridized carbons (Fsp3) is 0.263. The van der Waals surface area contributed by atoms with Gasteiger partial charge in [0.2, 0.25) is 11.8 Å². The van der Waals surface area contributed by atoms with Crippen molar-refractivity contribution in [2.45, 2.75) is 12.5 Å². The Hall–Kier alpha value is -2.86. The third kappa shape index (κ3) is 3.49. The first-order chi connectivity index (χ1) is 12.1. The van der Waals surface area contributed by atoms with Crippen molar-refractivity contribution in [2.24, 2.45) is 0 Å². The number of hydrogen-bond donors (Lipinski definition) is 2. The number of anilines is 1. The molecule has 2 aromatic carbocycles. The minimum Gasteiger partial charge on any atom is -0.496 e. The molecular formula is C19H20N2O4. The summed E-state index contributed by atoms with van der Waals surface area (Å²) >= 11 is 0. The highest BCUT2D eigenvalue weighted by Gasteiger charge is 2.29. The number of rotatable bonds is 6. The molecule has 0 spiro atoms. The Kier molecular flexibility index (Phi) is 5.00. The van der Waals surface area contributed by atoms with E-state index < -0.39 is 6.04 Å². The van der Waals surface area contributed by atoms with Crippen LogP contribution in [0.25, 0.3) is 0 Å². The predicted molar refractivity (Wildman–Crippen MR) is 93.5 cm³/mol. The summed E-state index contributed by atoms with van der Waals surface area (Å²) < 4.78 is 5.28. The van der Waals surface area contributed by atoms with Crippen LogP contribution < -0.4 is 15.0 Å². The van der Waals surface area contributed by atoms with Gasteiger partial charge in [0.05, 0.1) is 26.2 Å². The van der Waals surface area contributed by atoms with Crippen molar-refractivity contribution in [1.29, 1.82) is 0 Å². The molecule has 1 aliphatic rings. The fourth-order valence-electron chi connectivity index (χ4n) is 3.05. The minimum absolute atomic E-state index is 0.0818. The molecule has 1 unspecified atom stereocenters. The van der Waals surface area contributed by atoms with E-state index in [2.05, 4.69) is 5.32 Å². The van der Waals surface area contributed by atoms with Crippen LogP contribution in [0.2, 0.25) is 0 Å². The lowest BCUT2D eigenvalue weighted by molar-refractivity contribution is -0.124. The van der Waals surface area contributed by atoms with Gasteiger partial charge in [-0.1, -0.05) is 36.4 Å². The van der Waals surface area contributed by atoms with Gasteiger partial charge in [-0.2, -0.15) is 0 Å². The molecule has 2 aromatic rings. The molecule has 2 N–H and O–H groups in total. The zero-order valence-corrected chi connectivity index (χ0v) is 13.9. The number of benzene rings is 2. The Labute approximate surface area is 146 Å². The van der Waals surface area contributed by atoms with Crippen LogP contribution in [-0.2, 0) is 16.0 Å². The molecule has 25 heavy (non-hydrogen) atoms. The number of methoxy groups -OCH3 is 1. The monoisotopic (exact) mass is 340 g/mol. The molecule has 1 atom stereocenters. The number of aliphatic hydroxyl groups excluding tert-OH is 1. The number of carbonyl (C=O) groups excluding carboxylic acids is 2. The van der Waals surface area contributed by atoms with E-state index in [1.807, 2.05) is 36.4 Å². The van der Waals surface area contributed by atoms with Crippen LogP contribution in [0.3, 0.4) is 0 Å². The third-order valence-electron chi connectivity index (χ3n) is 4.26. The van der Waals surface area contributed by atoms with Crippen molar-refractivity contribution in [3.05, 3.63) is 59.7 Å². The highest BCUT2D eigenvalue weighted by molar-refractivity contribution is 6.05. The molecule has 0 radical (unpaired) electrons. The van der Waals surface area contributed by atoms with Crippen molar-refractivity contribution in [1.82, 2.24) is 5.32 Å². The van der Waals surface area contributed by atoms with Gasteiger partial charge in [-0.3, -0.25) is 9.59 Å². The highest BCUT2D eigenvalue weighted by Crippen LogP contribution is 2.28. The maximum atomic E-state index is 12.4. The summed E-state index contributed by atoms with van der Waals surface area (Å²) in [5.41, 5.74) is 2.37. The summed E-state index contributed by atoms with van der Waals surface area (Å²) in [5.74, 6) is 0.147. The maximum absolute atomic E-state index is 12.4. The zero-order chi connectivity index (χ0) is 17.8. The molecule has 0 fully saturated rings. The summed E-state index contributed by atoms with van der Waals surface area (Å²) in [6.45, 7) is -0.349. The molecule has 6 nitrogen and oxygen atoms in total. The lowest BCUT2D eigenvalue weighted by atomic mass is 10.1. The van der Waals surface area contributed by atoms with Gasteiger partial charge in [0.25, 0.3) is 0 Å². The zero-order valence-electron chi connectivity index (χ0n) is 13.9. The summed E-state index contributed by atoms with van der Waals surface area (Å²) in [7, 11) is 1.54. The average molecular weight is 340 g/mol. The number of aliphatic hydroxyl groups is 1. The van der Waals surface area contributed by atoms with Gasteiger partial charge in [0, 0.05) is 11.3 Å². The van der Waals surface area contributed by atoms with Crippen molar-refractivity contribution >= 4 is 17.5 Å². The Balaban J connectivity index is 1.72. The van der Waals surface area contributed by atoms with Gasteiger partial charge >= 0.3 is 0 Å².